The lowest BCUT2D eigenvalue weighted by molar-refractivity contribution is 0.140. The van der Waals surface area contributed by atoms with Gasteiger partial charge in [0.05, 0.1) is 0 Å². The lowest BCUT2D eigenvalue weighted by Crippen LogP contribution is -2.38. The van der Waals surface area contributed by atoms with Crippen LogP contribution in [0.25, 0.3) is 0 Å². The number of piperidine rings is 1. The predicted octanol–water partition coefficient (Wildman–Crippen LogP) is 1.72. The lowest BCUT2D eigenvalue weighted by Gasteiger charge is -2.36. The zero-order valence-electron chi connectivity index (χ0n) is 9.63. The molecule has 2 fully saturated rings. The Labute approximate surface area is 88.1 Å². The number of likely N-dealkylation sites (tertiary alicyclic amines) is 1. The van der Waals surface area contributed by atoms with Crippen molar-refractivity contribution in [3.63, 3.8) is 0 Å². The molecule has 3 unspecified atom stereocenters. The van der Waals surface area contributed by atoms with Crippen LogP contribution in [0.1, 0.15) is 32.6 Å². The van der Waals surface area contributed by atoms with Crippen LogP contribution in [0, 0.1) is 11.8 Å². The second kappa shape index (κ2) is 4.63. The molecule has 0 radical (unpaired) electrons. The number of hydrogen-bond acceptors (Lipinski definition) is 2. The van der Waals surface area contributed by atoms with E-state index in [9.17, 15) is 0 Å². The van der Waals surface area contributed by atoms with Gasteiger partial charge in [-0.3, -0.25) is 0 Å². The molecule has 0 aliphatic carbocycles. The molecule has 82 valence electrons. The van der Waals surface area contributed by atoms with E-state index in [2.05, 4.69) is 24.2 Å². The fraction of sp³-hybridized carbons (Fsp3) is 1.00. The first-order valence-corrected chi connectivity index (χ1v) is 6.16. The number of rotatable bonds is 2. The van der Waals surface area contributed by atoms with Gasteiger partial charge in [-0.15, -0.1) is 0 Å². The van der Waals surface area contributed by atoms with Crippen molar-refractivity contribution >= 4 is 0 Å². The number of nitrogens with one attached hydrogen (secondary N) is 1. The summed E-state index contributed by atoms with van der Waals surface area (Å²) in [6, 6.07) is 0.808. The van der Waals surface area contributed by atoms with Crippen molar-refractivity contribution in [2.45, 2.75) is 38.6 Å². The summed E-state index contributed by atoms with van der Waals surface area (Å²) < 4.78 is 0. The summed E-state index contributed by atoms with van der Waals surface area (Å²) in [6.07, 6.45) is 5.75. The average molecular weight is 196 g/mol. The topological polar surface area (TPSA) is 15.3 Å². The molecule has 2 rings (SSSR count). The Hall–Kier alpha value is -0.0800. The third kappa shape index (κ3) is 2.48. The molecule has 0 aromatic carbocycles. The molecular formula is C12H24N2. The quantitative estimate of drug-likeness (QED) is 0.723. The van der Waals surface area contributed by atoms with E-state index in [0.717, 1.165) is 17.9 Å². The Bertz CT molecular complexity index is 175. The summed E-state index contributed by atoms with van der Waals surface area (Å²) in [5.74, 6) is 1.99. The predicted molar refractivity (Wildman–Crippen MR) is 60.4 cm³/mol. The highest BCUT2D eigenvalue weighted by Crippen LogP contribution is 2.29. The molecule has 0 amide bonds. The van der Waals surface area contributed by atoms with Crippen LogP contribution in [-0.4, -0.2) is 37.6 Å². The van der Waals surface area contributed by atoms with Gasteiger partial charge in [-0.1, -0.05) is 0 Å². The summed E-state index contributed by atoms with van der Waals surface area (Å²) in [7, 11) is 2.26. The fourth-order valence-corrected chi connectivity index (χ4v) is 2.99. The van der Waals surface area contributed by atoms with Crippen molar-refractivity contribution in [2.75, 3.05) is 26.7 Å². The molecule has 0 aromatic heterocycles. The van der Waals surface area contributed by atoms with Gasteiger partial charge in [0, 0.05) is 6.04 Å². The Morgan fingerprint density at radius 2 is 2.14 bits per heavy atom. The minimum atomic E-state index is 0.808. The third-order valence-corrected chi connectivity index (χ3v) is 4.15. The van der Waals surface area contributed by atoms with Crippen molar-refractivity contribution in [1.82, 2.24) is 10.2 Å². The summed E-state index contributed by atoms with van der Waals surface area (Å²) in [4.78, 5) is 2.50. The van der Waals surface area contributed by atoms with Crippen LogP contribution in [0.2, 0.25) is 0 Å². The van der Waals surface area contributed by atoms with Gasteiger partial charge >= 0.3 is 0 Å². The minimum absolute atomic E-state index is 0.808. The van der Waals surface area contributed by atoms with E-state index < -0.39 is 0 Å². The molecule has 2 aliphatic heterocycles. The van der Waals surface area contributed by atoms with Gasteiger partial charge in [-0.25, -0.2) is 0 Å². The highest BCUT2D eigenvalue weighted by atomic mass is 15.1. The Morgan fingerprint density at radius 3 is 2.79 bits per heavy atom. The van der Waals surface area contributed by atoms with Crippen molar-refractivity contribution < 1.29 is 0 Å². The van der Waals surface area contributed by atoms with Crippen LogP contribution >= 0.6 is 0 Å². The lowest BCUT2D eigenvalue weighted by atomic mass is 9.84. The van der Waals surface area contributed by atoms with Gasteiger partial charge in [0.2, 0.25) is 0 Å². The first-order valence-electron chi connectivity index (χ1n) is 6.16. The Kier molecular flexibility index (Phi) is 3.45. The van der Waals surface area contributed by atoms with E-state index >= 15 is 0 Å². The number of hydrogen-bond donors (Lipinski definition) is 1. The summed E-state index contributed by atoms with van der Waals surface area (Å²) >= 11 is 0. The standard InChI is InChI=1S/C12H24N2/c1-10-7-11(4-6-14(10)2)8-12-3-5-13-9-12/h10-13H,3-9H2,1-2H3. The van der Waals surface area contributed by atoms with E-state index in [4.69, 9.17) is 0 Å². The largest absolute Gasteiger partial charge is 0.316 e. The SMILES string of the molecule is CC1CC(CC2CCNC2)CCN1C. The maximum Gasteiger partial charge on any atom is 0.00665 e. The normalized spacial score (nSPS) is 40.3. The van der Waals surface area contributed by atoms with Crippen LogP contribution in [0.4, 0.5) is 0 Å². The van der Waals surface area contributed by atoms with Crippen LogP contribution in [0.15, 0.2) is 0 Å². The fourth-order valence-electron chi connectivity index (χ4n) is 2.99. The van der Waals surface area contributed by atoms with Gasteiger partial charge in [-0.05, 0) is 71.1 Å². The summed E-state index contributed by atoms with van der Waals surface area (Å²) in [5, 5.41) is 3.47. The van der Waals surface area contributed by atoms with Crippen molar-refractivity contribution in [2.24, 2.45) is 11.8 Å². The maximum atomic E-state index is 3.47. The molecule has 0 spiro atoms. The van der Waals surface area contributed by atoms with Crippen molar-refractivity contribution in [3.8, 4) is 0 Å². The van der Waals surface area contributed by atoms with E-state index in [1.807, 2.05) is 0 Å². The summed E-state index contributed by atoms with van der Waals surface area (Å²) in [5.41, 5.74) is 0. The monoisotopic (exact) mass is 196 g/mol. The highest BCUT2D eigenvalue weighted by Gasteiger charge is 2.26. The molecule has 2 saturated heterocycles. The smallest absolute Gasteiger partial charge is 0.00665 e. The summed E-state index contributed by atoms with van der Waals surface area (Å²) in [6.45, 7) is 6.22. The molecule has 0 bridgehead atoms. The van der Waals surface area contributed by atoms with Crippen LogP contribution in [-0.2, 0) is 0 Å². The molecule has 2 heteroatoms. The van der Waals surface area contributed by atoms with Gasteiger partial charge in [0.15, 0.2) is 0 Å². The third-order valence-electron chi connectivity index (χ3n) is 4.15. The molecule has 2 heterocycles. The second-order valence-electron chi connectivity index (χ2n) is 5.31. The van der Waals surface area contributed by atoms with Crippen LogP contribution in [0.3, 0.4) is 0 Å². The Morgan fingerprint density at radius 1 is 1.29 bits per heavy atom. The van der Waals surface area contributed by atoms with E-state index in [-0.39, 0.29) is 0 Å². The number of nitrogens with zero attached hydrogens (tertiary/aromatic N) is 1. The van der Waals surface area contributed by atoms with Crippen molar-refractivity contribution in [1.29, 1.82) is 0 Å². The molecule has 1 N–H and O–H groups in total. The van der Waals surface area contributed by atoms with Gasteiger partial charge in [0.1, 0.15) is 0 Å². The molecule has 14 heavy (non-hydrogen) atoms. The average Bonchev–Trinajstić information content (AvgIpc) is 2.64. The molecule has 2 aliphatic rings. The first-order chi connectivity index (χ1) is 6.75. The van der Waals surface area contributed by atoms with E-state index in [1.165, 1.54) is 45.3 Å². The van der Waals surface area contributed by atoms with E-state index in [1.54, 1.807) is 0 Å². The zero-order valence-corrected chi connectivity index (χ0v) is 9.63. The molecular weight excluding hydrogens is 172 g/mol. The Balaban J connectivity index is 1.75. The zero-order chi connectivity index (χ0) is 9.97. The van der Waals surface area contributed by atoms with Crippen molar-refractivity contribution in [3.05, 3.63) is 0 Å². The molecule has 0 saturated carbocycles. The highest BCUT2D eigenvalue weighted by molar-refractivity contribution is 4.81. The first kappa shape index (κ1) is 10.4. The van der Waals surface area contributed by atoms with Crippen LogP contribution in [0.5, 0.6) is 0 Å². The van der Waals surface area contributed by atoms with Gasteiger partial charge in [0.25, 0.3) is 0 Å². The van der Waals surface area contributed by atoms with Crippen LogP contribution < -0.4 is 5.32 Å². The van der Waals surface area contributed by atoms with Gasteiger partial charge in [-0.2, -0.15) is 0 Å². The van der Waals surface area contributed by atoms with E-state index in [0.29, 0.717) is 0 Å². The second-order valence-corrected chi connectivity index (χ2v) is 5.31. The minimum Gasteiger partial charge on any atom is -0.316 e. The van der Waals surface area contributed by atoms with Gasteiger partial charge < -0.3 is 10.2 Å². The molecule has 3 atom stereocenters. The maximum absolute atomic E-state index is 3.47. The molecule has 2 nitrogen and oxygen atoms in total. The molecule has 0 aromatic rings.